The van der Waals surface area contributed by atoms with Gasteiger partial charge in [-0.3, -0.25) is 4.79 Å². The van der Waals surface area contributed by atoms with Crippen molar-refractivity contribution in [3.8, 4) is 0 Å². The topological polar surface area (TPSA) is 64.4 Å². The van der Waals surface area contributed by atoms with Crippen LogP contribution in [0.25, 0.3) is 0 Å². The summed E-state index contributed by atoms with van der Waals surface area (Å²) in [5, 5.41) is 6.44. The Hall–Kier alpha value is -1.85. The van der Waals surface area contributed by atoms with Crippen molar-refractivity contribution in [1.82, 2.24) is 5.16 Å². The number of carbonyl (C=O) groups excluding carboxylic acids is 1. The molecule has 2 rings (SSSR count). The number of amides is 1. The average molecular weight is 295 g/mol. The van der Waals surface area contributed by atoms with Crippen molar-refractivity contribution in [2.45, 2.75) is 13.0 Å². The van der Waals surface area contributed by atoms with E-state index in [1.54, 1.807) is 13.2 Å². The van der Waals surface area contributed by atoms with Gasteiger partial charge < -0.3 is 14.6 Å². The SMILES string of the molecule is COCc1cc(C(=O)Nc2ccc(CCCl)cc2)no1. The lowest BCUT2D eigenvalue weighted by atomic mass is 10.1. The highest BCUT2D eigenvalue weighted by Crippen LogP contribution is 2.12. The molecule has 106 valence electrons. The van der Waals surface area contributed by atoms with Gasteiger partial charge in [0.1, 0.15) is 6.61 Å². The van der Waals surface area contributed by atoms with Gasteiger partial charge in [0, 0.05) is 24.7 Å². The second-order valence-electron chi connectivity index (χ2n) is 4.20. The van der Waals surface area contributed by atoms with Crippen molar-refractivity contribution in [1.29, 1.82) is 0 Å². The molecule has 0 saturated carbocycles. The molecule has 0 atom stereocenters. The van der Waals surface area contributed by atoms with Gasteiger partial charge >= 0.3 is 0 Å². The van der Waals surface area contributed by atoms with E-state index in [4.69, 9.17) is 20.9 Å². The second kappa shape index (κ2) is 7.07. The first-order valence-electron chi connectivity index (χ1n) is 6.13. The number of ether oxygens (including phenoxy) is 1. The van der Waals surface area contributed by atoms with Gasteiger partial charge in [0.2, 0.25) is 0 Å². The number of nitrogens with one attached hydrogen (secondary N) is 1. The summed E-state index contributed by atoms with van der Waals surface area (Å²) in [5.74, 6) is 0.767. The number of aryl methyl sites for hydroxylation is 1. The first kappa shape index (κ1) is 14.6. The third-order valence-electron chi connectivity index (χ3n) is 2.67. The molecule has 1 heterocycles. The van der Waals surface area contributed by atoms with E-state index in [-0.39, 0.29) is 18.2 Å². The lowest BCUT2D eigenvalue weighted by molar-refractivity contribution is 0.101. The van der Waals surface area contributed by atoms with Crippen LogP contribution in [0.15, 0.2) is 34.9 Å². The van der Waals surface area contributed by atoms with Gasteiger partial charge in [-0.15, -0.1) is 11.6 Å². The maximum atomic E-state index is 11.9. The number of alkyl halides is 1. The largest absolute Gasteiger partial charge is 0.377 e. The Morgan fingerprint density at radius 2 is 2.15 bits per heavy atom. The normalized spacial score (nSPS) is 10.5. The van der Waals surface area contributed by atoms with Gasteiger partial charge in [0.05, 0.1) is 0 Å². The summed E-state index contributed by atoms with van der Waals surface area (Å²) in [7, 11) is 1.55. The van der Waals surface area contributed by atoms with Crippen LogP contribution in [0.2, 0.25) is 0 Å². The number of aromatic nitrogens is 1. The molecular formula is C14H15ClN2O3. The van der Waals surface area contributed by atoms with E-state index in [9.17, 15) is 4.79 Å². The summed E-state index contributed by atoms with van der Waals surface area (Å²) in [6.45, 7) is 0.285. The molecule has 2 aromatic rings. The van der Waals surface area contributed by atoms with Crippen LogP contribution in [0.1, 0.15) is 21.8 Å². The van der Waals surface area contributed by atoms with Crippen LogP contribution >= 0.6 is 11.6 Å². The van der Waals surface area contributed by atoms with E-state index >= 15 is 0 Å². The van der Waals surface area contributed by atoms with Crippen molar-refractivity contribution in [2.24, 2.45) is 0 Å². The standard InChI is InChI=1S/C14H15ClN2O3/c1-19-9-12-8-13(17-20-12)14(18)16-11-4-2-10(3-5-11)6-7-15/h2-5,8H,6-7,9H2,1H3,(H,16,18). The Morgan fingerprint density at radius 3 is 2.80 bits per heavy atom. The molecule has 0 aliphatic carbocycles. The molecule has 0 spiro atoms. The van der Waals surface area contributed by atoms with E-state index in [2.05, 4.69) is 10.5 Å². The first-order chi connectivity index (χ1) is 9.72. The van der Waals surface area contributed by atoms with Crippen molar-refractivity contribution < 1.29 is 14.1 Å². The van der Waals surface area contributed by atoms with Gasteiger partial charge in [-0.2, -0.15) is 0 Å². The van der Waals surface area contributed by atoms with Crippen LogP contribution in [0, 0.1) is 0 Å². The minimum absolute atomic E-state index is 0.224. The molecule has 6 heteroatoms. The fourth-order valence-electron chi connectivity index (χ4n) is 1.69. The van der Waals surface area contributed by atoms with Crippen LogP contribution in [-0.4, -0.2) is 24.1 Å². The number of hydrogen-bond donors (Lipinski definition) is 1. The van der Waals surface area contributed by atoms with Crippen LogP contribution < -0.4 is 5.32 Å². The number of nitrogens with zero attached hydrogens (tertiary/aromatic N) is 1. The summed E-state index contributed by atoms with van der Waals surface area (Å²) >= 11 is 5.67. The average Bonchev–Trinajstić information content (AvgIpc) is 2.90. The van der Waals surface area contributed by atoms with Crippen LogP contribution in [0.4, 0.5) is 5.69 Å². The first-order valence-corrected chi connectivity index (χ1v) is 6.67. The molecular weight excluding hydrogens is 280 g/mol. The minimum Gasteiger partial charge on any atom is -0.377 e. The highest BCUT2D eigenvalue weighted by atomic mass is 35.5. The van der Waals surface area contributed by atoms with E-state index in [1.807, 2.05) is 24.3 Å². The third-order valence-corrected chi connectivity index (χ3v) is 2.86. The number of methoxy groups -OCH3 is 1. The molecule has 1 amide bonds. The van der Waals surface area contributed by atoms with Crippen molar-refractivity contribution in [3.63, 3.8) is 0 Å². The molecule has 0 unspecified atom stereocenters. The van der Waals surface area contributed by atoms with Crippen molar-refractivity contribution in [3.05, 3.63) is 47.3 Å². The number of benzene rings is 1. The molecule has 0 fully saturated rings. The van der Waals surface area contributed by atoms with Gasteiger partial charge in [-0.05, 0) is 24.1 Å². The quantitative estimate of drug-likeness (QED) is 0.832. The number of rotatable bonds is 6. The molecule has 5 nitrogen and oxygen atoms in total. The van der Waals surface area contributed by atoms with Gasteiger partial charge in [0.25, 0.3) is 5.91 Å². The summed E-state index contributed by atoms with van der Waals surface area (Å²) in [4.78, 5) is 11.9. The zero-order chi connectivity index (χ0) is 14.4. The summed E-state index contributed by atoms with van der Waals surface area (Å²) < 4.78 is 9.86. The molecule has 1 aromatic heterocycles. The molecule has 1 aromatic carbocycles. The molecule has 20 heavy (non-hydrogen) atoms. The summed E-state index contributed by atoms with van der Waals surface area (Å²) in [6.07, 6.45) is 0.805. The Bertz CT molecular complexity index is 566. The number of halogens is 1. The number of anilines is 1. The lowest BCUT2D eigenvalue weighted by Crippen LogP contribution is -2.12. The number of carbonyl (C=O) groups is 1. The fraction of sp³-hybridized carbons (Fsp3) is 0.286. The highest BCUT2D eigenvalue weighted by molar-refractivity contribution is 6.18. The van der Waals surface area contributed by atoms with Crippen molar-refractivity contribution in [2.75, 3.05) is 18.3 Å². The molecule has 0 saturated heterocycles. The Morgan fingerprint density at radius 1 is 1.40 bits per heavy atom. The zero-order valence-electron chi connectivity index (χ0n) is 11.1. The third kappa shape index (κ3) is 3.82. The van der Waals surface area contributed by atoms with Crippen LogP contribution in [0.5, 0.6) is 0 Å². The Labute approximate surface area is 121 Å². The summed E-state index contributed by atoms with van der Waals surface area (Å²) in [6, 6.07) is 9.07. The molecule has 0 radical (unpaired) electrons. The van der Waals surface area contributed by atoms with Gasteiger partial charge in [-0.25, -0.2) is 0 Å². The molecule has 0 aliphatic heterocycles. The molecule has 1 N–H and O–H groups in total. The predicted octanol–water partition coefficient (Wildman–Crippen LogP) is 2.85. The number of hydrogen-bond acceptors (Lipinski definition) is 4. The molecule has 0 bridgehead atoms. The maximum Gasteiger partial charge on any atom is 0.277 e. The van der Waals surface area contributed by atoms with Crippen LogP contribution in [-0.2, 0) is 17.8 Å². The predicted molar refractivity (Wildman–Crippen MR) is 76.0 cm³/mol. The fourth-order valence-corrected chi connectivity index (χ4v) is 1.91. The van der Waals surface area contributed by atoms with Crippen molar-refractivity contribution >= 4 is 23.2 Å². The van der Waals surface area contributed by atoms with Gasteiger partial charge in [-0.1, -0.05) is 17.3 Å². The Balaban J connectivity index is 1.99. The van der Waals surface area contributed by atoms with E-state index in [0.29, 0.717) is 17.3 Å². The van der Waals surface area contributed by atoms with Crippen LogP contribution in [0.3, 0.4) is 0 Å². The van der Waals surface area contributed by atoms with Gasteiger partial charge in [0.15, 0.2) is 11.5 Å². The smallest absolute Gasteiger partial charge is 0.277 e. The van der Waals surface area contributed by atoms with E-state index < -0.39 is 0 Å². The minimum atomic E-state index is -0.318. The second-order valence-corrected chi connectivity index (χ2v) is 4.58. The monoisotopic (exact) mass is 294 g/mol. The van der Waals surface area contributed by atoms with E-state index in [1.165, 1.54) is 0 Å². The lowest BCUT2D eigenvalue weighted by Gasteiger charge is -2.04. The van der Waals surface area contributed by atoms with E-state index in [0.717, 1.165) is 12.0 Å². The highest BCUT2D eigenvalue weighted by Gasteiger charge is 2.12. The summed E-state index contributed by atoms with van der Waals surface area (Å²) in [5.41, 5.74) is 2.05. The Kier molecular flexibility index (Phi) is 5.15. The maximum absolute atomic E-state index is 11.9. The molecule has 0 aliphatic rings. The zero-order valence-corrected chi connectivity index (χ0v) is 11.8.